The molecule has 6 nitrogen and oxygen atoms in total. The van der Waals surface area contributed by atoms with E-state index in [1.165, 1.54) is 0 Å². The first kappa shape index (κ1) is 20.4. The Morgan fingerprint density at radius 1 is 0.794 bits per heavy atom. The number of nitrogens with zero attached hydrogens (tertiary/aromatic N) is 1. The minimum atomic E-state index is -0.914. The van der Waals surface area contributed by atoms with Crippen molar-refractivity contribution in [2.45, 2.75) is 18.2 Å². The predicted molar refractivity (Wildman–Crippen MR) is 126 cm³/mol. The number of ether oxygens (including phenoxy) is 1. The van der Waals surface area contributed by atoms with Gasteiger partial charge < -0.3 is 9.64 Å². The van der Waals surface area contributed by atoms with Gasteiger partial charge in [0.25, 0.3) is 0 Å². The Morgan fingerprint density at radius 2 is 1.38 bits per heavy atom. The number of anilines is 1. The fourth-order valence-electron chi connectivity index (χ4n) is 5.47. The molecule has 2 fully saturated rings. The van der Waals surface area contributed by atoms with Gasteiger partial charge in [0.05, 0.1) is 17.9 Å². The van der Waals surface area contributed by atoms with E-state index in [0.717, 1.165) is 22.4 Å². The summed E-state index contributed by atoms with van der Waals surface area (Å²) in [7, 11) is 0. The lowest BCUT2D eigenvalue weighted by Gasteiger charge is -2.35. The summed E-state index contributed by atoms with van der Waals surface area (Å²) >= 11 is 0. The van der Waals surface area contributed by atoms with E-state index < -0.39 is 41.9 Å². The lowest BCUT2D eigenvalue weighted by atomic mass is 9.88. The molecule has 2 amide bonds. The molecular weight excluding hydrogens is 428 g/mol. The smallest absolute Gasteiger partial charge is 0.330 e. The molecule has 0 radical (unpaired) electrons. The van der Waals surface area contributed by atoms with Crippen LogP contribution in [0.25, 0.3) is 6.08 Å². The molecule has 3 aliphatic heterocycles. The maximum absolute atomic E-state index is 13.9. The number of hydrogen-bond donors (Lipinski definition) is 1. The van der Waals surface area contributed by atoms with E-state index in [1.54, 1.807) is 0 Å². The van der Waals surface area contributed by atoms with Crippen molar-refractivity contribution in [3.8, 4) is 0 Å². The first-order valence-corrected chi connectivity index (χ1v) is 11.3. The number of esters is 1. The number of hydrogen-bond acceptors (Lipinski definition) is 5. The third kappa shape index (κ3) is 3.14. The maximum Gasteiger partial charge on any atom is 0.330 e. The summed E-state index contributed by atoms with van der Waals surface area (Å²) < 4.78 is 6.17. The van der Waals surface area contributed by atoms with Crippen molar-refractivity contribution in [3.05, 3.63) is 108 Å². The molecule has 0 aromatic heterocycles. The van der Waals surface area contributed by atoms with Crippen molar-refractivity contribution >= 4 is 29.5 Å². The Bertz CT molecular complexity index is 1260. The minimum Gasteiger partial charge on any atom is -0.451 e. The van der Waals surface area contributed by atoms with E-state index in [-0.39, 0.29) is 5.91 Å². The van der Waals surface area contributed by atoms with Crippen molar-refractivity contribution < 1.29 is 19.1 Å². The molecule has 3 aliphatic rings. The number of benzene rings is 3. The van der Waals surface area contributed by atoms with E-state index in [9.17, 15) is 14.4 Å². The second kappa shape index (κ2) is 7.99. The highest BCUT2D eigenvalue weighted by Crippen LogP contribution is 2.47. The van der Waals surface area contributed by atoms with Gasteiger partial charge in [0, 0.05) is 5.69 Å². The Kier molecular flexibility index (Phi) is 4.80. The summed E-state index contributed by atoms with van der Waals surface area (Å²) in [6.07, 6.45) is 3.23. The van der Waals surface area contributed by atoms with E-state index in [1.807, 2.05) is 102 Å². The van der Waals surface area contributed by atoms with Crippen molar-refractivity contribution in [2.75, 3.05) is 4.90 Å². The van der Waals surface area contributed by atoms with Crippen molar-refractivity contribution in [1.29, 1.82) is 0 Å². The predicted octanol–water partition coefficient (Wildman–Crippen LogP) is 3.49. The van der Waals surface area contributed by atoms with Crippen LogP contribution >= 0.6 is 0 Å². The van der Waals surface area contributed by atoms with Crippen LogP contribution in [0.5, 0.6) is 0 Å². The Morgan fingerprint density at radius 3 is 2.06 bits per heavy atom. The number of para-hydroxylation sites is 1. The Hall–Kier alpha value is -4.19. The average molecular weight is 450 g/mol. The molecule has 2 saturated heterocycles. The van der Waals surface area contributed by atoms with Gasteiger partial charge in [-0.15, -0.1) is 0 Å². The van der Waals surface area contributed by atoms with Gasteiger partial charge in [0.2, 0.25) is 11.8 Å². The maximum atomic E-state index is 13.9. The number of rotatable bonds is 4. The van der Waals surface area contributed by atoms with Crippen LogP contribution in [-0.4, -0.2) is 29.9 Å². The number of amides is 2. The van der Waals surface area contributed by atoms with Crippen LogP contribution in [0, 0.1) is 11.8 Å². The summed E-state index contributed by atoms with van der Waals surface area (Å²) in [5.41, 5.74) is 3.42. The van der Waals surface area contributed by atoms with Gasteiger partial charge in [0.1, 0.15) is 6.04 Å². The van der Waals surface area contributed by atoms with Gasteiger partial charge in [-0.05, 0) is 22.8 Å². The zero-order valence-electron chi connectivity index (χ0n) is 18.2. The standard InChI is InChI=1S/C28H22N2O4/c31-26-22-21-16-15-17-9-7-8-14-20(17)30(21)24(23(22)27(32)29-26)28(33)34-25(18-10-3-1-4-11-18)19-12-5-2-6-13-19/h1-16,21-25H,(H,29,31,32)/t21-,22-,23-,24+/m1/s1. The van der Waals surface area contributed by atoms with Gasteiger partial charge in [-0.25, -0.2) is 4.79 Å². The summed E-state index contributed by atoms with van der Waals surface area (Å²) in [6.45, 7) is 0. The number of carbonyl (C=O) groups is 3. The number of fused-ring (bicyclic) bond motifs is 5. The summed E-state index contributed by atoms with van der Waals surface area (Å²) in [5, 5.41) is 2.43. The molecule has 3 aromatic rings. The van der Waals surface area contributed by atoms with Gasteiger partial charge in [-0.3, -0.25) is 14.9 Å². The largest absolute Gasteiger partial charge is 0.451 e. The van der Waals surface area contributed by atoms with Gasteiger partial charge in [0.15, 0.2) is 6.10 Å². The van der Waals surface area contributed by atoms with Crippen LogP contribution in [0.2, 0.25) is 0 Å². The molecule has 0 spiro atoms. The summed E-state index contributed by atoms with van der Waals surface area (Å²) in [5.74, 6) is -2.74. The third-order valence-electron chi connectivity index (χ3n) is 6.94. The third-order valence-corrected chi connectivity index (χ3v) is 6.94. The number of nitrogens with one attached hydrogen (secondary N) is 1. The highest BCUT2D eigenvalue weighted by Gasteiger charge is 2.62. The topological polar surface area (TPSA) is 75.7 Å². The molecule has 4 atom stereocenters. The molecule has 0 aliphatic carbocycles. The highest BCUT2D eigenvalue weighted by molar-refractivity contribution is 6.10. The van der Waals surface area contributed by atoms with Crippen LogP contribution < -0.4 is 10.2 Å². The van der Waals surface area contributed by atoms with Crippen LogP contribution in [0.15, 0.2) is 91.0 Å². The molecule has 168 valence electrons. The molecule has 0 unspecified atom stereocenters. The monoisotopic (exact) mass is 450 g/mol. The average Bonchev–Trinajstić information content (AvgIpc) is 3.38. The lowest BCUT2D eigenvalue weighted by molar-refractivity contribution is -0.151. The molecule has 3 heterocycles. The fraction of sp³-hybridized carbons (Fsp3) is 0.179. The molecule has 3 aromatic carbocycles. The van der Waals surface area contributed by atoms with Crippen molar-refractivity contribution in [1.82, 2.24) is 5.32 Å². The first-order chi connectivity index (χ1) is 16.6. The second-order valence-corrected chi connectivity index (χ2v) is 8.80. The normalized spacial score (nSPS) is 24.4. The Labute approximate surface area is 196 Å². The van der Waals surface area contributed by atoms with E-state index in [0.29, 0.717) is 0 Å². The Balaban J connectivity index is 1.42. The number of carbonyl (C=O) groups excluding carboxylic acids is 3. The molecule has 6 rings (SSSR count). The van der Waals surface area contributed by atoms with Crippen LogP contribution in [0.4, 0.5) is 5.69 Å². The van der Waals surface area contributed by atoms with Crippen molar-refractivity contribution in [3.63, 3.8) is 0 Å². The van der Waals surface area contributed by atoms with Gasteiger partial charge >= 0.3 is 5.97 Å². The fourth-order valence-corrected chi connectivity index (χ4v) is 5.47. The highest BCUT2D eigenvalue weighted by atomic mass is 16.5. The first-order valence-electron chi connectivity index (χ1n) is 11.3. The summed E-state index contributed by atoms with van der Waals surface area (Å²) in [6, 6.07) is 25.4. The van der Waals surface area contributed by atoms with E-state index in [2.05, 4.69) is 5.32 Å². The van der Waals surface area contributed by atoms with E-state index >= 15 is 0 Å². The molecule has 1 N–H and O–H groups in total. The second-order valence-electron chi connectivity index (χ2n) is 8.80. The van der Waals surface area contributed by atoms with Crippen molar-refractivity contribution in [2.24, 2.45) is 11.8 Å². The minimum absolute atomic E-state index is 0.341. The molecule has 0 saturated carbocycles. The summed E-state index contributed by atoms with van der Waals surface area (Å²) in [4.78, 5) is 41.4. The van der Waals surface area contributed by atoms with Gasteiger partial charge in [-0.2, -0.15) is 0 Å². The van der Waals surface area contributed by atoms with Crippen LogP contribution in [0.1, 0.15) is 22.8 Å². The van der Waals surface area contributed by atoms with Crippen LogP contribution in [-0.2, 0) is 19.1 Å². The molecule has 34 heavy (non-hydrogen) atoms. The molecular formula is C28H22N2O4. The molecule has 6 heteroatoms. The quantitative estimate of drug-likeness (QED) is 0.487. The molecule has 0 bridgehead atoms. The zero-order chi connectivity index (χ0) is 23.2. The SMILES string of the molecule is O=C1NC(=O)[C@H]2[C@@H]1[C@@H](C(=O)OC(c1ccccc1)c1ccccc1)N1c3ccccc3C=C[C@H]21. The lowest BCUT2D eigenvalue weighted by Crippen LogP contribution is -2.48. The zero-order valence-corrected chi connectivity index (χ0v) is 18.2. The van der Waals surface area contributed by atoms with Gasteiger partial charge in [-0.1, -0.05) is 91.0 Å². The van der Waals surface area contributed by atoms with E-state index in [4.69, 9.17) is 4.74 Å². The van der Waals surface area contributed by atoms with Crippen LogP contribution in [0.3, 0.4) is 0 Å². The number of imide groups is 1.